The van der Waals surface area contributed by atoms with Crippen LogP contribution in [0.5, 0.6) is 0 Å². The van der Waals surface area contributed by atoms with Gasteiger partial charge in [0.1, 0.15) is 6.33 Å². The standard InChI is InChI=1S/C8H7ClN2.ClH/c1-6-2-3-7-8(4-6)11(9)5-10-7;/h2-5H,1H3;1H. The zero-order valence-corrected chi connectivity index (χ0v) is 8.06. The first-order chi connectivity index (χ1) is 5.27. The van der Waals surface area contributed by atoms with Gasteiger partial charge in [-0.25, -0.2) is 9.07 Å². The van der Waals surface area contributed by atoms with Gasteiger partial charge in [0.25, 0.3) is 0 Å². The van der Waals surface area contributed by atoms with Crippen molar-refractivity contribution in [3.8, 4) is 0 Å². The summed E-state index contributed by atoms with van der Waals surface area (Å²) < 4.78 is 1.50. The van der Waals surface area contributed by atoms with E-state index in [9.17, 15) is 0 Å². The molecule has 0 aliphatic carbocycles. The number of aryl methyl sites for hydroxylation is 1. The zero-order valence-electron chi connectivity index (χ0n) is 6.49. The van der Waals surface area contributed by atoms with E-state index < -0.39 is 0 Å². The summed E-state index contributed by atoms with van der Waals surface area (Å²) >= 11 is 5.80. The lowest BCUT2D eigenvalue weighted by Gasteiger charge is -1.92. The summed E-state index contributed by atoms with van der Waals surface area (Å²) in [6, 6.07) is 5.99. The summed E-state index contributed by atoms with van der Waals surface area (Å²) in [5, 5.41) is 0. The molecule has 0 saturated carbocycles. The summed E-state index contributed by atoms with van der Waals surface area (Å²) in [4.78, 5) is 4.09. The SMILES string of the molecule is Cc1ccc2ncn(Cl)c2c1.Cl. The molecule has 2 aromatic rings. The van der Waals surface area contributed by atoms with E-state index in [1.165, 1.54) is 9.65 Å². The van der Waals surface area contributed by atoms with E-state index in [2.05, 4.69) is 4.98 Å². The van der Waals surface area contributed by atoms with Crippen molar-refractivity contribution in [2.75, 3.05) is 0 Å². The van der Waals surface area contributed by atoms with Crippen molar-refractivity contribution in [1.29, 1.82) is 0 Å². The van der Waals surface area contributed by atoms with E-state index in [-0.39, 0.29) is 12.4 Å². The van der Waals surface area contributed by atoms with Gasteiger partial charge in [0.05, 0.1) is 11.0 Å². The Morgan fingerprint density at radius 1 is 1.42 bits per heavy atom. The molecule has 2 nitrogen and oxygen atoms in total. The second-order valence-electron chi connectivity index (χ2n) is 2.55. The number of nitrogens with zero attached hydrogens (tertiary/aromatic N) is 2. The fourth-order valence-corrected chi connectivity index (χ4v) is 1.27. The Labute approximate surface area is 81.7 Å². The summed E-state index contributed by atoms with van der Waals surface area (Å²) in [5.74, 6) is 0. The summed E-state index contributed by atoms with van der Waals surface area (Å²) in [7, 11) is 0. The van der Waals surface area contributed by atoms with Gasteiger partial charge in [0.2, 0.25) is 0 Å². The monoisotopic (exact) mass is 202 g/mol. The average molecular weight is 203 g/mol. The number of hydrogen-bond donors (Lipinski definition) is 0. The van der Waals surface area contributed by atoms with Gasteiger partial charge in [-0.15, -0.1) is 12.4 Å². The second kappa shape index (κ2) is 3.33. The number of rotatable bonds is 0. The largest absolute Gasteiger partial charge is 0.241 e. The minimum Gasteiger partial charge on any atom is -0.241 e. The van der Waals surface area contributed by atoms with E-state index in [4.69, 9.17) is 11.8 Å². The van der Waals surface area contributed by atoms with Gasteiger partial charge in [-0.2, -0.15) is 0 Å². The second-order valence-corrected chi connectivity index (χ2v) is 2.91. The average Bonchev–Trinajstić information content (AvgIpc) is 2.33. The molecule has 12 heavy (non-hydrogen) atoms. The van der Waals surface area contributed by atoms with Gasteiger partial charge in [-0.05, 0) is 24.6 Å². The number of hydrogen-bond acceptors (Lipinski definition) is 1. The predicted molar refractivity (Wildman–Crippen MR) is 53.0 cm³/mol. The fraction of sp³-hybridized carbons (Fsp3) is 0.125. The molecule has 0 aliphatic heterocycles. The molecule has 0 amide bonds. The van der Waals surface area contributed by atoms with Crippen LogP contribution in [0.25, 0.3) is 11.0 Å². The number of imidazole rings is 1. The molecule has 0 radical (unpaired) electrons. The molecule has 1 aromatic heterocycles. The topological polar surface area (TPSA) is 17.8 Å². The highest BCUT2D eigenvalue weighted by Crippen LogP contribution is 2.14. The molecule has 0 saturated heterocycles. The maximum Gasteiger partial charge on any atom is 0.111 e. The number of fused-ring (bicyclic) bond motifs is 1. The van der Waals surface area contributed by atoms with E-state index in [0.717, 1.165) is 11.0 Å². The van der Waals surface area contributed by atoms with E-state index >= 15 is 0 Å². The molecule has 0 atom stereocenters. The van der Waals surface area contributed by atoms with Crippen LogP contribution in [0.1, 0.15) is 5.56 Å². The van der Waals surface area contributed by atoms with Crippen LogP contribution in [0.4, 0.5) is 0 Å². The fourth-order valence-electron chi connectivity index (χ4n) is 1.09. The highest BCUT2D eigenvalue weighted by Gasteiger charge is 1.98. The third-order valence-electron chi connectivity index (χ3n) is 1.66. The Morgan fingerprint density at radius 3 is 2.92 bits per heavy atom. The third-order valence-corrected chi connectivity index (χ3v) is 1.93. The lowest BCUT2D eigenvalue weighted by Crippen LogP contribution is -1.76. The zero-order chi connectivity index (χ0) is 7.84. The van der Waals surface area contributed by atoms with Gasteiger partial charge < -0.3 is 0 Å². The molecule has 0 aliphatic rings. The van der Waals surface area contributed by atoms with Gasteiger partial charge in [0.15, 0.2) is 0 Å². The lowest BCUT2D eigenvalue weighted by molar-refractivity contribution is 1.25. The molecule has 0 unspecified atom stereocenters. The smallest absolute Gasteiger partial charge is 0.111 e. The Balaban J connectivity index is 0.000000720. The van der Waals surface area contributed by atoms with Crippen molar-refractivity contribution in [3.05, 3.63) is 30.1 Å². The van der Waals surface area contributed by atoms with Crippen LogP contribution in [0.15, 0.2) is 24.5 Å². The van der Waals surface area contributed by atoms with E-state index in [0.29, 0.717) is 0 Å². The van der Waals surface area contributed by atoms with Crippen LogP contribution in [0, 0.1) is 6.92 Å². The predicted octanol–water partition coefficient (Wildman–Crippen LogP) is 2.77. The minimum absolute atomic E-state index is 0. The molecule has 2 rings (SSSR count). The molecular weight excluding hydrogens is 195 g/mol. The first-order valence-corrected chi connectivity index (χ1v) is 3.71. The summed E-state index contributed by atoms with van der Waals surface area (Å²) in [5.41, 5.74) is 3.09. The molecule has 0 spiro atoms. The Bertz CT molecular complexity index is 395. The highest BCUT2D eigenvalue weighted by molar-refractivity contribution is 6.18. The van der Waals surface area contributed by atoms with Crippen molar-refractivity contribution in [3.63, 3.8) is 0 Å². The van der Waals surface area contributed by atoms with Crippen molar-refractivity contribution in [2.45, 2.75) is 6.92 Å². The molecule has 4 heteroatoms. The maximum atomic E-state index is 5.80. The van der Waals surface area contributed by atoms with E-state index in [1.54, 1.807) is 6.33 Å². The van der Waals surface area contributed by atoms with Crippen LogP contribution in [0.2, 0.25) is 0 Å². The van der Waals surface area contributed by atoms with Crippen molar-refractivity contribution in [2.24, 2.45) is 0 Å². The Kier molecular flexibility index (Phi) is 2.60. The number of aromatic nitrogens is 2. The van der Waals surface area contributed by atoms with Gasteiger partial charge in [-0.1, -0.05) is 6.07 Å². The Morgan fingerprint density at radius 2 is 2.17 bits per heavy atom. The van der Waals surface area contributed by atoms with Crippen LogP contribution < -0.4 is 0 Å². The number of halogens is 2. The molecule has 0 bridgehead atoms. The molecule has 0 N–H and O–H groups in total. The molecule has 64 valence electrons. The first-order valence-electron chi connectivity index (χ1n) is 3.37. The quantitative estimate of drug-likeness (QED) is 0.643. The maximum absolute atomic E-state index is 5.80. The summed E-state index contributed by atoms with van der Waals surface area (Å²) in [6.45, 7) is 2.03. The van der Waals surface area contributed by atoms with Crippen LogP contribution in [-0.4, -0.2) is 9.07 Å². The molecule has 1 aromatic carbocycles. The van der Waals surface area contributed by atoms with Crippen LogP contribution >= 0.6 is 24.2 Å². The number of benzene rings is 1. The lowest BCUT2D eigenvalue weighted by atomic mass is 10.2. The van der Waals surface area contributed by atoms with Gasteiger partial charge >= 0.3 is 0 Å². The van der Waals surface area contributed by atoms with Crippen molar-refractivity contribution < 1.29 is 0 Å². The molecular formula is C8H8Cl2N2. The van der Waals surface area contributed by atoms with E-state index in [1.807, 2.05) is 25.1 Å². The Hall–Kier alpha value is -0.730. The van der Waals surface area contributed by atoms with Gasteiger partial charge in [-0.3, -0.25) is 0 Å². The third kappa shape index (κ3) is 1.40. The summed E-state index contributed by atoms with van der Waals surface area (Å²) in [6.07, 6.45) is 1.60. The van der Waals surface area contributed by atoms with Crippen LogP contribution in [0.3, 0.4) is 0 Å². The first kappa shape index (κ1) is 9.36. The van der Waals surface area contributed by atoms with Gasteiger partial charge in [0, 0.05) is 11.8 Å². The normalized spacial score (nSPS) is 9.83. The van der Waals surface area contributed by atoms with Crippen LogP contribution in [-0.2, 0) is 0 Å². The van der Waals surface area contributed by atoms with Crippen molar-refractivity contribution in [1.82, 2.24) is 9.07 Å². The minimum atomic E-state index is 0. The highest BCUT2D eigenvalue weighted by atomic mass is 35.5. The molecule has 0 fully saturated rings. The van der Waals surface area contributed by atoms with Crippen molar-refractivity contribution >= 4 is 35.2 Å². The molecule has 1 heterocycles.